The maximum Gasteiger partial charge on any atom is 0.259 e. The summed E-state index contributed by atoms with van der Waals surface area (Å²) in [6, 6.07) is 3.61. The molecule has 1 N–H and O–H groups in total. The van der Waals surface area contributed by atoms with E-state index < -0.39 is 0 Å². The van der Waals surface area contributed by atoms with Crippen LogP contribution in [0, 0.1) is 13.8 Å². The van der Waals surface area contributed by atoms with Gasteiger partial charge in [-0.25, -0.2) is 4.98 Å². The molecule has 0 saturated heterocycles. The van der Waals surface area contributed by atoms with Crippen LogP contribution in [0.4, 0.5) is 5.69 Å². The van der Waals surface area contributed by atoms with Gasteiger partial charge in [-0.15, -0.1) is 0 Å². The number of pyridine rings is 1. The van der Waals surface area contributed by atoms with Crippen LogP contribution in [0.15, 0.2) is 22.9 Å². The monoisotopic (exact) mass is 308 g/mol. The van der Waals surface area contributed by atoms with Crippen LogP contribution in [-0.2, 0) is 7.05 Å². The number of hydrogen-bond donors (Lipinski definition) is 1. The Morgan fingerprint density at radius 1 is 1.39 bits per heavy atom. The molecule has 0 aromatic carbocycles. The first-order chi connectivity index (χ1) is 8.49. The van der Waals surface area contributed by atoms with Crippen molar-refractivity contribution >= 4 is 27.5 Å². The van der Waals surface area contributed by atoms with Crippen molar-refractivity contribution in [2.45, 2.75) is 13.8 Å². The molecule has 2 aromatic rings. The van der Waals surface area contributed by atoms with Crippen molar-refractivity contribution in [1.29, 1.82) is 0 Å². The molecule has 0 unspecified atom stereocenters. The Morgan fingerprint density at radius 3 is 2.67 bits per heavy atom. The van der Waals surface area contributed by atoms with E-state index in [1.54, 1.807) is 24.0 Å². The maximum absolute atomic E-state index is 12.1. The Morgan fingerprint density at radius 2 is 2.11 bits per heavy atom. The van der Waals surface area contributed by atoms with E-state index in [1.807, 2.05) is 19.9 Å². The van der Waals surface area contributed by atoms with Gasteiger partial charge >= 0.3 is 0 Å². The highest BCUT2D eigenvalue weighted by atomic mass is 79.9. The van der Waals surface area contributed by atoms with Gasteiger partial charge in [0.2, 0.25) is 0 Å². The van der Waals surface area contributed by atoms with Gasteiger partial charge in [0.05, 0.1) is 23.1 Å². The second-order valence-corrected chi connectivity index (χ2v) is 4.80. The van der Waals surface area contributed by atoms with Crippen molar-refractivity contribution in [3.05, 3.63) is 39.9 Å². The summed E-state index contributed by atoms with van der Waals surface area (Å²) in [5, 5.41) is 6.88. The van der Waals surface area contributed by atoms with Crippen LogP contribution >= 0.6 is 15.9 Å². The molecule has 6 heteroatoms. The van der Waals surface area contributed by atoms with E-state index in [9.17, 15) is 4.79 Å². The molecule has 18 heavy (non-hydrogen) atoms. The summed E-state index contributed by atoms with van der Waals surface area (Å²) in [7, 11) is 1.80. The lowest BCUT2D eigenvalue weighted by Gasteiger charge is -2.07. The summed E-state index contributed by atoms with van der Waals surface area (Å²) < 4.78 is 2.41. The number of halogens is 1. The van der Waals surface area contributed by atoms with Crippen molar-refractivity contribution in [1.82, 2.24) is 14.8 Å². The fourth-order valence-electron chi connectivity index (χ4n) is 1.57. The van der Waals surface area contributed by atoms with Crippen LogP contribution in [0.5, 0.6) is 0 Å². The standard InChI is InChI=1S/C12H13BrN4O/c1-7-10(4-5-11(13)15-7)16-12(18)9-6-14-17(3)8(9)2/h4-6H,1-3H3,(H,16,18). The van der Waals surface area contributed by atoms with Crippen molar-refractivity contribution in [3.63, 3.8) is 0 Å². The molecule has 0 spiro atoms. The molecule has 0 aliphatic carbocycles. The highest BCUT2D eigenvalue weighted by Crippen LogP contribution is 2.17. The van der Waals surface area contributed by atoms with E-state index in [1.165, 1.54) is 0 Å². The Kier molecular flexibility index (Phi) is 3.47. The van der Waals surface area contributed by atoms with Gasteiger partial charge in [-0.2, -0.15) is 5.10 Å². The van der Waals surface area contributed by atoms with Gasteiger partial charge in [-0.05, 0) is 41.9 Å². The van der Waals surface area contributed by atoms with Gasteiger partial charge in [0.25, 0.3) is 5.91 Å². The number of anilines is 1. The summed E-state index contributed by atoms with van der Waals surface area (Å²) in [5.41, 5.74) is 2.86. The third-order valence-electron chi connectivity index (χ3n) is 2.78. The van der Waals surface area contributed by atoms with Crippen molar-refractivity contribution in [3.8, 4) is 0 Å². The lowest BCUT2D eigenvalue weighted by molar-refractivity contribution is 0.102. The molecule has 2 rings (SSSR count). The molecule has 94 valence electrons. The van der Waals surface area contributed by atoms with Gasteiger partial charge in [-0.3, -0.25) is 9.48 Å². The quantitative estimate of drug-likeness (QED) is 0.867. The molecule has 2 heterocycles. The van der Waals surface area contributed by atoms with Crippen LogP contribution in [0.2, 0.25) is 0 Å². The third kappa shape index (κ3) is 2.43. The van der Waals surface area contributed by atoms with Crippen molar-refractivity contribution in [2.75, 3.05) is 5.32 Å². The molecule has 0 aliphatic rings. The zero-order valence-electron chi connectivity index (χ0n) is 10.4. The first kappa shape index (κ1) is 12.8. The number of nitrogens with zero attached hydrogens (tertiary/aromatic N) is 3. The summed E-state index contributed by atoms with van der Waals surface area (Å²) in [6.45, 7) is 3.70. The molecule has 0 fully saturated rings. The van der Waals surface area contributed by atoms with Crippen molar-refractivity contribution < 1.29 is 4.79 Å². The first-order valence-electron chi connectivity index (χ1n) is 5.42. The zero-order chi connectivity index (χ0) is 13.3. The molecular formula is C12H13BrN4O. The largest absolute Gasteiger partial charge is 0.320 e. The Hall–Kier alpha value is -1.69. The molecule has 0 aliphatic heterocycles. The first-order valence-corrected chi connectivity index (χ1v) is 6.21. The van der Waals surface area contributed by atoms with Crippen LogP contribution < -0.4 is 5.32 Å². The molecule has 0 bridgehead atoms. The normalized spacial score (nSPS) is 10.4. The molecular weight excluding hydrogens is 296 g/mol. The zero-order valence-corrected chi connectivity index (χ0v) is 11.9. The summed E-state index contributed by atoms with van der Waals surface area (Å²) in [5.74, 6) is -0.173. The average Bonchev–Trinajstić information content (AvgIpc) is 2.64. The number of carbonyl (C=O) groups excluding carboxylic acids is 1. The molecule has 1 amide bonds. The minimum absolute atomic E-state index is 0.173. The second-order valence-electron chi connectivity index (χ2n) is 3.99. The predicted octanol–water partition coefficient (Wildman–Crippen LogP) is 2.45. The Balaban J connectivity index is 2.24. The molecule has 0 saturated carbocycles. The van der Waals surface area contributed by atoms with E-state index >= 15 is 0 Å². The van der Waals surface area contributed by atoms with Crippen LogP contribution in [0.25, 0.3) is 0 Å². The third-order valence-corrected chi connectivity index (χ3v) is 3.22. The highest BCUT2D eigenvalue weighted by molar-refractivity contribution is 9.10. The van der Waals surface area contributed by atoms with Crippen molar-refractivity contribution in [2.24, 2.45) is 7.05 Å². The van der Waals surface area contributed by atoms with Crippen LogP contribution in [-0.4, -0.2) is 20.7 Å². The molecule has 0 radical (unpaired) electrons. The van der Waals surface area contributed by atoms with E-state index in [4.69, 9.17) is 0 Å². The van der Waals surface area contributed by atoms with E-state index in [0.717, 1.165) is 16.0 Å². The summed E-state index contributed by atoms with van der Waals surface area (Å²) in [4.78, 5) is 16.3. The van der Waals surface area contributed by atoms with Gasteiger partial charge in [0.15, 0.2) is 0 Å². The number of amides is 1. The maximum atomic E-state index is 12.1. The second kappa shape index (κ2) is 4.89. The smallest absolute Gasteiger partial charge is 0.259 e. The van der Waals surface area contributed by atoms with E-state index in [-0.39, 0.29) is 5.91 Å². The Labute approximate surface area is 113 Å². The predicted molar refractivity (Wildman–Crippen MR) is 72.6 cm³/mol. The minimum atomic E-state index is -0.173. The summed E-state index contributed by atoms with van der Waals surface area (Å²) >= 11 is 3.29. The number of nitrogens with one attached hydrogen (secondary N) is 1. The number of rotatable bonds is 2. The number of hydrogen-bond acceptors (Lipinski definition) is 3. The average molecular weight is 309 g/mol. The molecule has 5 nitrogen and oxygen atoms in total. The summed E-state index contributed by atoms with van der Waals surface area (Å²) in [6.07, 6.45) is 1.56. The SMILES string of the molecule is Cc1nc(Br)ccc1NC(=O)c1cnn(C)c1C. The van der Waals surface area contributed by atoms with Gasteiger partial charge in [0.1, 0.15) is 4.60 Å². The van der Waals surface area contributed by atoms with Gasteiger partial charge in [-0.1, -0.05) is 0 Å². The highest BCUT2D eigenvalue weighted by Gasteiger charge is 2.14. The fourth-order valence-corrected chi connectivity index (χ4v) is 1.97. The van der Waals surface area contributed by atoms with Gasteiger partial charge < -0.3 is 5.32 Å². The number of aromatic nitrogens is 3. The van der Waals surface area contributed by atoms with Crippen LogP contribution in [0.1, 0.15) is 21.7 Å². The number of aryl methyl sites for hydroxylation is 2. The fraction of sp³-hybridized carbons (Fsp3) is 0.250. The van der Waals surface area contributed by atoms with Crippen LogP contribution in [0.3, 0.4) is 0 Å². The van der Waals surface area contributed by atoms with E-state index in [2.05, 4.69) is 31.3 Å². The molecule has 0 atom stereocenters. The lowest BCUT2D eigenvalue weighted by Crippen LogP contribution is -2.14. The lowest BCUT2D eigenvalue weighted by atomic mass is 10.2. The Bertz CT molecular complexity index is 606. The topological polar surface area (TPSA) is 59.8 Å². The molecule has 2 aromatic heterocycles. The van der Waals surface area contributed by atoms with E-state index in [0.29, 0.717) is 11.3 Å². The van der Waals surface area contributed by atoms with Gasteiger partial charge in [0, 0.05) is 12.7 Å². The minimum Gasteiger partial charge on any atom is -0.320 e. The number of carbonyl (C=O) groups is 1.